The van der Waals surface area contributed by atoms with Crippen LogP contribution >= 0.6 is 11.9 Å². The van der Waals surface area contributed by atoms with Crippen LogP contribution in [-0.4, -0.2) is 12.6 Å². The maximum atomic E-state index is 13.2. The summed E-state index contributed by atoms with van der Waals surface area (Å²) in [5, 5.41) is 5.53. The number of fused-ring (bicyclic) bond motifs is 1. The predicted octanol–water partition coefficient (Wildman–Crippen LogP) is 3.64. The molecule has 0 bridgehead atoms. The Morgan fingerprint density at radius 3 is 2.57 bits per heavy atom. The molecule has 0 saturated heterocycles. The second kappa shape index (κ2) is 6.13. The summed E-state index contributed by atoms with van der Waals surface area (Å²) >= 11 is 1.39. The molecule has 0 saturated carbocycles. The Bertz CT molecular complexity index is 775. The Hall–Kier alpha value is -2.19. The Morgan fingerprint density at radius 2 is 1.87 bits per heavy atom. The van der Waals surface area contributed by atoms with E-state index in [0.29, 0.717) is 12.2 Å². The van der Waals surface area contributed by atoms with E-state index >= 15 is 0 Å². The Kier molecular flexibility index (Phi) is 4.18. The van der Waals surface area contributed by atoms with Gasteiger partial charge in [0, 0.05) is 28.3 Å². The van der Waals surface area contributed by atoms with E-state index in [0.717, 1.165) is 28.3 Å². The van der Waals surface area contributed by atoms with E-state index in [1.807, 2.05) is 6.92 Å². The average molecular weight is 339 g/mol. The van der Waals surface area contributed by atoms with Gasteiger partial charge in [-0.2, -0.15) is 0 Å². The van der Waals surface area contributed by atoms with Crippen LogP contribution in [0.4, 0.5) is 24.5 Å². The van der Waals surface area contributed by atoms with Crippen LogP contribution in [0.1, 0.15) is 15.9 Å². The van der Waals surface area contributed by atoms with E-state index < -0.39 is 23.4 Å². The molecule has 0 fully saturated rings. The molecular weight excluding hydrogens is 327 g/mol. The average Bonchev–Trinajstić information content (AvgIpc) is 2.52. The van der Waals surface area contributed by atoms with E-state index in [2.05, 4.69) is 15.4 Å². The molecule has 3 N–H and O–H groups in total. The quantitative estimate of drug-likeness (QED) is 0.578. The van der Waals surface area contributed by atoms with Crippen LogP contribution in [0.3, 0.4) is 0 Å². The molecule has 1 aliphatic rings. The third kappa shape index (κ3) is 3.13. The summed E-state index contributed by atoms with van der Waals surface area (Å²) in [4.78, 5) is 13.1. The van der Waals surface area contributed by atoms with Gasteiger partial charge < -0.3 is 10.6 Å². The lowest BCUT2D eigenvalue weighted by atomic mass is 10.1. The standard InChI is InChI=1S/C15H12F3N3OS/c1-7-2-8(3-12-14(7)19-6-20-23-12)15(22)21-9-4-10(16)13(18)11(17)5-9/h2-5,19-20H,6H2,1H3,(H,21,22). The Labute approximate surface area is 134 Å². The smallest absolute Gasteiger partial charge is 0.255 e. The first-order valence-electron chi connectivity index (χ1n) is 6.70. The fourth-order valence-corrected chi connectivity index (χ4v) is 3.08. The van der Waals surface area contributed by atoms with Crippen molar-refractivity contribution in [3.05, 3.63) is 52.8 Å². The van der Waals surface area contributed by atoms with E-state index in [9.17, 15) is 18.0 Å². The topological polar surface area (TPSA) is 53.2 Å². The second-order valence-electron chi connectivity index (χ2n) is 4.97. The molecule has 0 aromatic heterocycles. The van der Waals surface area contributed by atoms with Crippen molar-refractivity contribution in [2.75, 3.05) is 17.3 Å². The summed E-state index contributed by atoms with van der Waals surface area (Å²) in [6.07, 6.45) is 0. The highest BCUT2D eigenvalue weighted by molar-refractivity contribution is 7.97. The zero-order valence-corrected chi connectivity index (χ0v) is 12.8. The first kappa shape index (κ1) is 15.7. The van der Waals surface area contributed by atoms with Crippen molar-refractivity contribution in [1.82, 2.24) is 4.72 Å². The van der Waals surface area contributed by atoms with E-state index in [4.69, 9.17) is 0 Å². The minimum absolute atomic E-state index is 0.148. The van der Waals surface area contributed by atoms with Crippen LogP contribution < -0.4 is 15.4 Å². The van der Waals surface area contributed by atoms with Crippen molar-refractivity contribution in [2.24, 2.45) is 0 Å². The molecule has 1 heterocycles. The van der Waals surface area contributed by atoms with Crippen LogP contribution in [-0.2, 0) is 0 Å². The molecule has 1 aliphatic heterocycles. The Morgan fingerprint density at radius 1 is 1.17 bits per heavy atom. The van der Waals surface area contributed by atoms with Gasteiger partial charge in [0.1, 0.15) is 0 Å². The molecule has 23 heavy (non-hydrogen) atoms. The highest BCUT2D eigenvalue weighted by atomic mass is 32.2. The molecule has 1 amide bonds. The van der Waals surface area contributed by atoms with Gasteiger partial charge in [0.25, 0.3) is 5.91 Å². The van der Waals surface area contributed by atoms with Crippen LogP contribution in [0.15, 0.2) is 29.2 Å². The maximum Gasteiger partial charge on any atom is 0.255 e. The van der Waals surface area contributed by atoms with Crippen LogP contribution in [0.2, 0.25) is 0 Å². The number of hydrogen-bond acceptors (Lipinski definition) is 4. The van der Waals surface area contributed by atoms with E-state index in [1.54, 1.807) is 12.1 Å². The number of benzene rings is 2. The number of carbonyl (C=O) groups is 1. The van der Waals surface area contributed by atoms with Gasteiger partial charge in [-0.15, -0.1) is 0 Å². The highest BCUT2D eigenvalue weighted by Crippen LogP contribution is 2.32. The van der Waals surface area contributed by atoms with Crippen LogP contribution in [0, 0.1) is 24.4 Å². The number of aryl methyl sites for hydroxylation is 1. The van der Waals surface area contributed by atoms with Crippen molar-refractivity contribution < 1.29 is 18.0 Å². The Balaban J connectivity index is 1.88. The molecule has 0 aliphatic carbocycles. The van der Waals surface area contributed by atoms with Crippen molar-refractivity contribution in [3.8, 4) is 0 Å². The molecule has 0 unspecified atom stereocenters. The highest BCUT2D eigenvalue weighted by Gasteiger charge is 2.17. The largest absolute Gasteiger partial charge is 0.371 e. The molecular formula is C15H12F3N3OS. The number of carbonyl (C=O) groups excluding carboxylic acids is 1. The lowest BCUT2D eigenvalue weighted by Crippen LogP contribution is -2.22. The first-order valence-corrected chi connectivity index (χ1v) is 7.51. The normalized spacial score (nSPS) is 13.2. The third-order valence-electron chi connectivity index (χ3n) is 3.32. The van der Waals surface area contributed by atoms with Crippen molar-refractivity contribution in [1.29, 1.82) is 0 Å². The van der Waals surface area contributed by atoms with E-state index in [1.165, 1.54) is 11.9 Å². The minimum Gasteiger partial charge on any atom is -0.371 e. The minimum atomic E-state index is -1.57. The SMILES string of the molecule is Cc1cc(C(=O)Nc2cc(F)c(F)c(F)c2)cc2c1NCNS2. The van der Waals surface area contributed by atoms with Gasteiger partial charge >= 0.3 is 0 Å². The van der Waals surface area contributed by atoms with Gasteiger partial charge in [-0.3, -0.25) is 4.79 Å². The van der Waals surface area contributed by atoms with Gasteiger partial charge in [-0.1, -0.05) is 0 Å². The van der Waals surface area contributed by atoms with Crippen molar-refractivity contribution >= 4 is 29.2 Å². The van der Waals surface area contributed by atoms with E-state index in [-0.39, 0.29) is 5.69 Å². The number of anilines is 2. The van der Waals surface area contributed by atoms with Crippen LogP contribution in [0.5, 0.6) is 0 Å². The molecule has 3 rings (SSSR count). The summed E-state index contributed by atoms with van der Waals surface area (Å²) in [5.74, 6) is -4.81. The monoisotopic (exact) mass is 339 g/mol. The molecule has 4 nitrogen and oxygen atoms in total. The van der Waals surface area contributed by atoms with Crippen molar-refractivity contribution in [2.45, 2.75) is 11.8 Å². The molecule has 0 atom stereocenters. The lowest BCUT2D eigenvalue weighted by molar-refractivity contribution is 0.102. The summed E-state index contributed by atoms with van der Waals surface area (Å²) in [5.41, 5.74) is 2.00. The van der Waals surface area contributed by atoms with Gasteiger partial charge in [-0.05, 0) is 36.6 Å². The summed E-state index contributed by atoms with van der Waals surface area (Å²) < 4.78 is 42.4. The maximum absolute atomic E-state index is 13.2. The molecule has 8 heteroatoms. The third-order valence-corrected chi connectivity index (χ3v) is 4.15. The predicted molar refractivity (Wildman–Crippen MR) is 82.9 cm³/mol. The summed E-state index contributed by atoms with van der Waals surface area (Å²) in [6.45, 7) is 2.46. The number of hydrogen-bond donors (Lipinski definition) is 3. The van der Waals surface area contributed by atoms with Gasteiger partial charge in [0.15, 0.2) is 17.5 Å². The zero-order chi connectivity index (χ0) is 16.6. The van der Waals surface area contributed by atoms with Gasteiger partial charge in [-0.25, -0.2) is 17.9 Å². The number of rotatable bonds is 2. The fourth-order valence-electron chi connectivity index (χ4n) is 2.26. The zero-order valence-electron chi connectivity index (χ0n) is 12.0. The lowest BCUT2D eigenvalue weighted by Gasteiger charge is -2.21. The summed E-state index contributed by atoms with van der Waals surface area (Å²) in [7, 11) is 0. The van der Waals surface area contributed by atoms with Gasteiger partial charge in [0.2, 0.25) is 0 Å². The molecule has 2 aromatic rings. The van der Waals surface area contributed by atoms with Gasteiger partial charge in [0.05, 0.1) is 12.4 Å². The first-order chi connectivity index (χ1) is 11.0. The molecule has 120 valence electrons. The fraction of sp³-hybridized carbons (Fsp3) is 0.133. The number of amides is 1. The number of nitrogens with one attached hydrogen (secondary N) is 3. The molecule has 2 aromatic carbocycles. The van der Waals surface area contributed by atoms with Crippen LogP contribution in [0.25, 0.3) is 0 Å². The molecule has 0 spiro atoms. The number of halogens is 3. The summed E-state index contributed by atoms with van der Waals surface area (Å²) in [6, 6.07) is 4.81. The van der Waals surface area contributed by atoms with Crippen molar-refractivity contribution in [3.63, 3.8) is 0 Å². The second-order valence-corrected chi connectivity index (χ2v) is 5.91. The molecule has 0 radical (unpaired) electrons.